The molecule has 0 aliphatic carbocycles. The summed E-state index contributed by atoms with van der Waals surface area (Å²) in [6, 6.07) is 8.17. The number of carbonyl (C=O) groups is 2. The highest BCUT2D eigenvalue weighted by molar-refractivity contribution is 6.04. The number of furan rings is 1. The smallest absolute Gasteiger partial charge is 0.339 e. The Hall–Kier alpha value is -2.80. The highest BCUT2D eigenvalue weighted by atomic mass is 16.5. The zero-order valence-electron chi connectivity index (χ0n) is 14.2. The zero-order chi connectivity index (χ0) is 18.2. The Morgan fingerprint density at radius 1 is 1.24 bits per heavy atom. The molecule has 0 saturated heterocycles. The summed E-state index contributed by atoms with van der Waals surface area (Å²) in [5.41, 5.74) is 0.531. The minimum absolute atomic E-state index is 0.00266. The third-order valence-corrected chi connectivity index (χ3v) is 3.44. The van der Waals surface area contributed by atoms with Crippen molar-refractivity contribution in [1.29, 1.82) is 0 Å². The molecule has 0 fully saturated rings. The van der Waals surface area contributed by atoms with Crippen LogP contribution in [0.25, 0.3) is 0 Å². The number of anilines is 1. The second-order valence-corrected chi connectivity index (χ2v) is 5.28. The SMILES string of the molecule is CCc1oc(C(=O)Nc2cccc(OCCCOC)c2)cc1C(=O)O. The van der Waals surface area contributed by atoms with E-state index in [1.165, 1.54) is 6.07 Å². The molecule has 25 heavy (non-hydrogen) atoms. The van der Waals surface area contributed by atoms with Crippen LogP contribution in [-0.2, 0) is 11.2 Å². The normalized spacial score (nSPS) is 10.5. The molecule has 0 aliphatic heterocycles. The minimum Gasteiger partial charge on any atom is -0.493 e. The van der Waals surface area contributed by atoms with Crippen molar-refractivity contribution in [2.45, 2.75) is 19.8 Å². The molecule has 7 nitrogen and oxygen atoms in total. The van der Waals surface area contributed by atoms with E-state index in [4.69, 9.17) is 19.0 Å². The van der Waals surface area contributed by atoms with Gasteiger partial charge in [0.1, 0.15) is 17.1 Å². The van der Waals surface area contributed by atoms with Gasteiger partial charge in [0.05, 0.1) is 6.61 Å². The maximum atomic E-state index is 12.3. The molecule has 134 valence electrons. The van der Waals surface area contributed by atoms with Gasteiger partial charge in [-0.25, -0.2) is 4.79 Å². The van der Waals surface area contributed by atoms with Crippen molar-refractivity contribution in [3.63, 3.8) is 0 Å². The van der Waals surface area contributed by atoms with Crippen LogP contribution >= 0.6 is 0 Å². The Balaban J connectivity index is 2.04. The van der Waals surface area contributed by atoms with E-state index in [-0.39, 0.29) is 17.1 Å². The Bertz CT molecular complexity index is 737. The van der Waals surface area contributed by atoms with Crippen molar-refractivity contribution < 1.29 is 28.6 Å². The molecule has 1 aromatic carbocycles. The summed E-state index contributed by atoms with van der Waals surface area (Å²) in [5.74, 6) is -0.785. The average molecular weight is 347 g/mol. The number of methoxy groups -OCH3 is 1. The van der Waals surface area contributed by atoms with Gasteiger partial charge in [-0.3, -0.25) is 4.79 Å². The minimum atomic E-state index is -1.12. The van der Waals surface area contributed by atoms with Gasteiger partial charge in [-0.1, -0.05) is 13.0 Å². The molecule has 1 heterocycles. The summed E-state index contributed by atoms with van der Waals surface area (Å²) >= 11 is 0. The first kappa shape index (κ1) is 18.5. The number of carbonyl (C=O) groups excluding carboxylic acids is 1. The number of hydrogen-bond acceptors (Lipinski definition) is 5. The highest BCUT2D eigenvalue weighted by Crippen LogP contribution is 2.21. The standard InChI is InChI=1S/C18H21NO6/c1-3-15-14(18(21)22)11-16(25-15)17(20)19-12-6-4-7-13(10-12)24-9-5-8-23-2/h4,6-7,10-11H,3,5,8-9H2,1-2H3,(H,19,20)(H,21,22). The van der Waals surface area contributed by atoms with Gasteiger partial charge in [-0.15, -0.1) is 0 Å². The van der Waals surface area contributed by atoms with Crippen LogP contribution in [0.1, 0.15) is 40.0 Å². The molecule has 2 N–H and O–H groups in total. The van der Waals surface area contributed by atoms with Crippen LogP contribution in [0.4, 0.5) is 5.69 Å². The Morgan fingerprint density at radius 2 is 2.04 bits per heavy atom. The molecule has 7 heteroatoms. The molecular weight excluding hydrogens is 326 g/mol. The fourth-order valence-electron chi connectivity index (χ4n) is 2.23. The number of hydrogen-bond donors (Lipinski definition) is 2. The van der Waals surface area contributed by atoms with Crippen LogP contribution in [0.3, 0.4) is 0 Å². The van der Waals surface area contributed by atoms with E-state index < -0.39 is 11.9 Å². The van der Waals surface area contributed by atoms with Crippen molar-refractivity contribution in [2.24, 2.45) is 0 Å². The second kappa shape index (κ2) is 8.89. The first-order chi connectivity index (χ1) is 12.0. The summed E-state index contributed by atoms with van der Waals surface area (Å²) in [6.45, 7) is 2.88. The summed E-state index contributed by atoms with van der Waals surface area (Å²) in [6.07, 6.45) is 1.15. The van der Waals surface area contributed by atoms with Gasteiger partial charge in [0.15, 0.2) is 5.76 Å². The number of carboxylic acid groups (broad SMARTS) is 1. The van der Waals surface area contributed by atoms with Crippen molar-refractivity contribution >= 4 is 17.6 Å². The number of benzene rings is 1. The molecule has 2 aromatic rings. The van der Waals surface area contributed by atoms with Crippen LogP contribution in [-0.4, -0.2) is 37.3 Å². The maximum absolute atomic E-state index is 12.3. The van der Waals surface area contributed by atoms with Crippen molar-refractivity contribution in [3.05, 3.63) is 47.4 Å². The lowest BCUT2D eigenvalue weighted by atomic mass is 10.2. The quantitative estimate of drug-likeness (QED) is 0.676. The van der Waals surface area contributed by atoms with E-state index in [0.717, 1.165) is 6.42 Å². The lowest BCUT2D eigenvalue weighted by Crippen LogP contribution is -2.11. The van der Waals surface area contributed by atoms with E-state index >= 15 is 0 Å². The number of aromatic carboxylic acids is 1. The van der Waals surface area contributed by atoms with Gasteiger partial charge in [0.2, 0.25) is 0 Å². The Labute approximate surface area is 145 Å². The van der Waals surface area contributed by atoms with Gasteiger partial charge >= 0.3 is 5.97 Å². The van der Waals surface area contributed by atoms with Crippen LogP contribution in [0.5, 0.6) is 5.75 Å². The zero-order valence-corrected chi connectivity index (χ0v) is 14.2. The van der Waals surface area contributed by atoms with Gasteiger partial charge < -0.3 is 24.3 Å². The number of ether oxygens (including phenoxy) is 2. The van der Waals surface area contributed by atoms with Crippen molar-refractivity contribution in [1.82, 2.24) is 0 Å². The van der Waals surface area contributed by atoms with E-state index in [0.29, 0.717) is 31.1 Å². The van der Waals surface area contributed by atoms with Gasteiger partial charge in [-0.2, -0.15) is 0 Å². The topological polar surface area (TPSA) is 98.0 Å². The Morgan fingerprint density at radius 3 is 2.68 bits per heavy atom. The number of carboxylic acids is 1. The lowest BCUT2D eigenvalue weighted by Gasteiger charge is -2.08. The van der Waals surface area contributed by atoms with Gasteiger partial charge in [-0.05, 0) is 12.1 Å². The number of nitrogens with one attached hydrogen (secondary N) is 1. The first-order valence-corrected chi connectivity index (χ1v) is 7.94. The number of aryl methyl sites for hydroxylation is 1. The van der Waals surface area contributed by atoms with Crippen molar-refractivity contribution in [3.8, 4) is 5.75 Å². The molecular formula is C18H21NO6. The molecule has 1 amide bonds. The predicted molar refractivity (Wildman–Crippen MR) is 91.4 cm³/mol. The number of rotatable bonds is 9. The monoisotopic (exact) mass is 347 g/mol. The lowest BCUT2D eigenvalue weighted by molar-refractivity contribution is 0.0694. The van der Waals surface area contributed by atoms with Crippen LogP contribution in [0.2, 0.25) is 0 Å². The fraction of sp³-hybridized carbons (Fsp3) is 0.333. The number of amides is 1. The third-order valence-electron chi connectivity index (χ3n) is 3.44. The second-order valence-electron chi connectivity index (χ2n) is 5.28. The summed E-state index contributed by atoms with van der Waals surface area (Å²) in [5, 5.41) is 11.8. The summed E-state index contributed by atoms with van der Waals surface area (Å²) < 4.78 is 15.9. The van der Waals surface area contributed by atoms with Gasteiger partial charge in [0, 0.05) is 44.4 Å². The predicted octanol–water partition coefficient (Wildman–Crippen LogP) is 3.21. The molecule has 0 bridgehead atoms. The van der Waals surface area contributed by atoms with Crippen LogP contribution < -0.4 is 10.1 Å². The molecule has 0 spiro atoms. The van der Waals surface area contributed by atoms with E-state index in [1.54, 1.807) is 38.3 Å². The summed E-state index contributed by atoms with van der Waals surface area (Å²) in [4.78, 5) is 23.4. The molecule has 1 aromatic heterocycles. The molecule has 2 rings (SSSR count). The van der Waals surface area contributed by atoms with E-state index in [9.17, 15) is 9.59 Å². The fourth-order valence-corrected chi connectivity index (χ4v) is 2.23. The first-order valence-electron chi connectivity index (χ1n) is 7.94. The van der Waals surface area contributed by atoms with Gasteiger partial charge in [0.25, 0.3) is 5.91 Å². The van der Waals surface area contributed by atoms with Crippen molar-refractivity contribution in [2.75, 3.05) is 25.6 Å². The molecule has 0 aliphatic rings. The average Bonchev–Trinajstić information content (AvgIpc) is 3.04. The van der Waals surface area contributed by atoms with Crippen LogP contribution in [0, 0.1) is 0 Å². The largest absolute Gasteiger partial charge is 0.493 e. The van der Waals surface area contributed by atoms with E-state index in [1.807, 2.05) is 0 Å². The molecule has 0 unspecified atom stereocenters. The Kier molecular flexibility index (Phi) is 6.59. The summed E-state index contributed by atoms with van der Waals surface area (Å²) in [7, 11) is 1.63. The maximum Gasteiger partial charge on any atom is 0.339 e. The highest BCUT2D eigenvalue weighted by Gasteiger charge is 2.20. The molecule has 0 radical (unpaired) electrons. The molecule has 0 saturated carbocycles. The third kappa shape index (κ3) is 5.09. The molecule has 0 atom stereocenters. The van der Waals surface area contributed by atoms with E-state index in [2.05, 4.69) is 5.32 Å². The van der Waals surface area contributed by atoms with Crippen LogP contribution in [0.15, 0.2) is 34.7 Å².